The Morgan fingerprint density at radius 1 is 0.532 bits per heavy atom. The van der Waals surface area contributed by atoms with Crippen LogP contribution < -0.4 is 9.80 Å². The molecule has 0 aliphatic rings. The van der Waals surface area contributed by atoms with E-state index in [9.17, 15) is 10.2 Å². The van der Waals surface area contributed by atoms with Gasteiger partial charge in [0.1, 0.15) is 17.2 Å². The lowest BCUT2D eigenvalue weighted by Crippen LogP contribution is -2.29. The summed E-state index contributed by atoms with van der Waals surface area (Å²) in [6.07, 6.45) is 6.90. The number of halogens is 1. The molecule has 0 aliphatic heterocycles. The average molecular weight is 646 g/mol. The van der Waals surface area contributed by atoms with Gasteiger partial charge in [-0.15, -0.1) is 10.2 Å². The monoisotopic (exact) mass is 645 g/mol. The summed E-state index contributed by atoms with van der Waals surface area (Å²) in [6.45, 7) is 1.41. The molecule has 0 amide bonds. The molecule has 2 N–H and O–H groups in total. The number of benzene rings is 1. The first-order valence-corrected chi connectivity index (χ1v) is 14.9. The number of aromatic hydroxyl groups is 2. The van der Waals surface area contributed by atoms with E-state index in [1.54, 1.807) is 24.8 Å². The highest BCUT2D eigenvalue weighted by molar-refractivity contribution is 6.32. The third-order valence-corrected chi connectivity index (χ3v) is 7.08. The fourth-order valence-corrected chi connectivity index (χ4v) is 4.69. The Bertz CT molecular complexity index is 1750. The van der Waals surface area contributed by atoms with Crippen LogP contribution in [-0.4, -0.2) is 45.1 Å². The van der Waals surface area contributed by atoms with E-state index < -0.39 is 0 Å². The number of phenols is 2. The van der Waals surface area contributed by atoms with E-state index in [1.165, 1.54) is 6.07 Å². The molecule has 14 heteroatoms. The standard InChI is InChI=1S/C33H28ClN11O2/c34-27-17-28(30(47)18-29(27)46)42-43-31-39-32(44(19-23-9-1-5-13-35-23)20-24-10-2-6-14-36-24)41-33(40-31)45(21-25-11-3-7-15-37-25)22-26-12-4-8-16-38-26/h1-18,46-47H,19-22H2/b43-42+. The van der Waals surface area contributed by atoms with Crippen LogP contribution in [0.15, 0.2) is 120 Å². The zero-order valence-corrected chi connectivity index (χ0v) is 25.7. The molecule has 5 aromatic heterocycles. The molecule has 6 aromatic rings. The lowest BCUT2D eigenvalue weighted by Gasteiger charge is -2.26. The summed E-state index contributed by atoms with van der Waals surface area (Å²) in [7, 11) is 0. The molecular formula is C33H28ClN11O2. The molecule has 47 heavy (non-hydrogen) atoms. The minimum atomic E-state index is -0.316. The topological polar surface area (TPSA) is 162 Å². The van der Waals surface area contributed by atoms with Gasteiger partial charge in [-0.05, 0) is 54.6 Å². The van der Waals surface area contributed by atoms with Crippen LogP contribution in [-0.2, 0) is 26.2 Å². The SMILES string of the molecule is Oc1cc(O)c(/N=N/c2nc(N(Cc3ccccn3)Cc3ccccn3)nc(N(Cc3ccccn3)Cc3ccccn3)n2)cc1Cl. The minimum absolute atomic E-state index is 0.00238. The Balaban J connectivity index is 1.46. The fraction of sp³-hybridized carbons (Fsp3) is 0.121. The van der Waals surface area contributed by atoms with Gasteiger partial charge in [0, 0.05) is 30.9 Å². The molecular weight excluding hydrogens is 618 g/mol. The number of aromatic nitrogens is 7. The van der Waals surface area contributed by atoms with Crippen molar-refractivity contribution in [3.05, 3.63) is 138 Å². The number of hydrogen-bond donors (Lipinski definition) is 2. The van der Waals surface area contributed by atoms with Gasteiger partial charge in [-0.25, -0.2) is 0 Å². The number of nitrogens with zero attached hydrogens (tertiary/aromatic N) is 11. The van der Waals surface area contributed by atoms with Crippen LogP contribution in [0, 0.1) is 0 Å². The molecule has 5 heterocycles. The van der Waals surface area contributed by atoms with E-state index >= 15 is 0 Å². The third kappa shape index (κ3) is 8.35. The van der Waals surface area contributed by atoms with E-state index in [0.717, 1.165) is 28.8 Å². The largest absolute Gasteiger partial charge is 0.506 e. The van der Waals surface area contributed by atoms with Gasteiger partial charge in [-0.1, -0.05) is 35.9 Å². The molecule has 0 radical (unpaired) electrons. The highest BCUT2D eigenvalue weighted by Gasteiger charge is 2.21. The minimum Gasteiger partial charge on any atom is -0.506 e. The summed E-state index contributed by atoms with van der Waals surface area (Å²) >= 11 is 6.07. The lowest BCUT2D eigenvalue weighted by molar-refractivity contribution is 0.451. The van der Waals surface area contributed by atoms with Gasteiger partial charge in [0.2, 0.25) is 11.9 Å². The van der Waals surface area contributed by atoms with E-state index in [4.69, 9.17) is 16.6 Å². The van der Waals surface area contributed by atoms with E-state index in [2.05, 4.69) is 40.1 Å². The first-order chi connectivity index (χ1) is 23.0. The molecule has 0 aliphatic carbocycles. The van der Waals surface area contributed by atoms with Gasteiger partial charge in [0.05, 0.1) is 54.0 Å². The zero-order chi connectivity index (χ0) is 32.4. The van der Waals surface area contributed by atoms with Gasteiger partial charge in [-0.2, -0.15) is 15.0 Å². The lowest BCUT2D eigenvalue weighted by atomic mass is 10.3. The molecule has 0 atom stereocenters. The summed E-state index contributed by atoms with van der Waals surface area (Å²) in [6, 6.07) is 25.1. The number of phenolic OH excluding ortho intramolecular Hbond substituents is 2. The van der Waals surface area contributed by atoms with E-state index in [0.29, 0.717) is 38.1 Å². The summed E-state index contributed by atoms with van der Waals surface area (Å²) in [5.41, 5.74) is 3.17. The van der Waals surface area contributed by atoms with Crippen molar-refractivity contribution in [1.29, 1.82) is 0 Å². The molecule has 0 saturated carbocycles. The first kappa shape index (κ1) is 30.9. The molecule has 0 bridgehead atoms. The Hall–Kier alpha value is -6.08. The number of rotatable bonds is 12. The number of azo groups is 1. The van der Waals surface area contributed by atoms with Gasteiger partial charge in [-0.3, -0.25) is 19.9 Å². The summed E-state index contributed by atoms with van der Waals surface area (Å²) in [5, 5.41) is 28.7. The molecule has 13 nitrogen and oxygen atoms in total. The Morgan fingerprint density at radius 3 is 1.34 bits per heavy atom. The van der Waals surface area contributed by atoms with Crippen molar-refractivity contribution in [1.82, 2.24) is 34.9 Å². The smallest absolute Gasteiger partial charge is 0.275 e. The van der Waals surface area contributed by atoms with Crippen molar-refractivity contribution in [2.24, 2.45) is 10.2 Å². The highest BCUT2D eigenvalue weighted by Crippen LogP contribution is 2.37. The van der Waals surface area contributed by atoms with Crippen LogP contribution >= 0.6 is 11.6 Å². The van der Waals surface area contributed by atoms with Crippen molar-refractivity contribution in [3.8, 4) is 11.5 Å². The van der Waals surface area contributed by atoms with Gasteiger partial charge in [0.15, 0.2) is 0 Å². The number of anilines is 2. The number of hydrogen-bond acceptors (Lipinski definition) is 13. The maximum Gasteiger partial charge on any atom is 0.275 e. The van der Waals surface area contributed by atoms with Crippen molar-refractivity contribution in [2.45, 2.75) is 26.2 Å². The summed E-state index contributed by atoms with van der Waals surface area (Å²) in [4.78, 5) is 36.2. The van der Waals surface area contributed by atoms with Crippen LogP contribution in [0.5, 0.6) is 11.5 Å². The van der Waals surface area contributed by atoms with Crippen LogP contribution in [0.2, 0.25) is 5.02 Å². The van der Waals surface area contributed by atoms with Crippen molar-refractivity contribution < 1.29 is 10.2 Å². The second kappa shape index (κ2) is 14.8. The van der Waals surface area contributed by atoms with Crippen LogP contribution in [0.3, 0.4) is 0 Å². The Morgan fingerprint density at radius 2 is 0.957 bits per heavy atom. The maximum atomic E-state index is 10.4. The second-order valence-corrected chi connectivity index (χ2v) is 10.6. The molecule has 0 fully saturated rings. The quantitative estimate of drug-likeness (QED) is 0.143. The summed E-state index contributed by atoms with van der Waals surface area (Å²) in [5.74, 6) is -0.0515. The predicted octanol–water partition coefficient (Wildman–Crippen LogP) is 6.35. The van der Waals surface area contributed by atoms with Gasteiger partial charge < -0.3 is 20.0 Å². The molecule has 234 valence electrons. The van der Waals surface area contributed by atoms with Crippen molar-refractivity contribution >= 4 is 35.1 Å². The second-order valence-electron chi connectivity index (χ2n) is 10.2. The third-order valence-electron chi connectivity index (χ3n) is 6.77. The van der Waals surface area contributed by atoms with Gasteiger partial charge in [0.25, 0.3) is 5.95 Å². The summed E-state index contributed by atoms with van der Waals surface area (Å²) < 4.78 is 0. The number of pyridine rings is 4. The molecule has 1 aromatic carbocycles. The molecule has 0 unspecified atom stereocenters. The highest BCUT2D eigenvalue weighted by atomic mass is 35.5. The Labute approximate surface area is 275 Å². The van der Waals surface area contributed by atoms with Crippen LogP contribution in [0.25, 0.3) is 0 Å². The first-order valence-electron chi connectivity index (χ1n) is 14.5. The fourth-order valence-electron chi connectivity index (χ4n) is 4.53. The van der Waals surface area contributed by atoms with Gasteiger partial charge >= 0.3 is 0 Å². The maximum absolute atomic E-state index is 10.4. The Kier molecular flexibility index (Phi) is 9.74. The van der Waals surface area contributed by atoms with Crippen molar-refractivity contribution in [3.63, 3.8) is 0 Å². The molecule has 0 saturated heterocycles. The zero-order valence-electron chi connectivity index (χ0n) is 24.9. The molecule has 6 rings (SSSR count). The van der Waals surface area contributed by atoms with Crippen LogP contribution in [0.4, 0.5) is 23.5 Å². The normalized spacial score (nSPS) is 11.1. The molecule has 0 spiro atoms. The van der Waals surface area contributed by atoms with Crippen molar-refractivity contribution in [2.75, 3.05) is 9.80 Å². The average Bonchev–Trinajstić information content (AvgIpc) is 3.10. The van der Waals surface area contributed by atoms with Crippen LogP contribution in [0.1, 0.15) is 22.8 Å². The predicted molar refractivity (Wildman–Crippen MR) is 176 cm³/mol. The van der Waals surface area contributed by atoms with E-state index in [1.807, 2.05) is 82.6 Å². The van der Waals surface area contributed by atoms with E-state index in [-0.39, 0.29) is 28.2 Å².